The second kappa shape index (κ2) is 15.0. The Labute approximate surface area is 246 Å². The summed E-state index contributed by atoms with van der Waals surface area (Å²) in [6.45, 7) is 0.242. The van der Waals surface area contributed by atoms with Crippen molar-refractivity contribution in [2.45, 2.75) is 50.5 Å². The molecule has 1 aliphatic rings. The summed E-state index contributed by atoms with van der Waals surface area (Å²) in [5, 5.41) is 22.1. The Bertz CT molecular complexity index is 1290. The molecule has 2 amide bonds. The van der Waals surface area contributed by atoms with E-state index in [0.29, 0.717) is 24.8 Å². The van der Waals surface area contributed by atoms with Crippen molar-refractivity contribution in [1.82, 2.24) is 10.2 Å². The van der Waals surface area contributed by atoms with E-state index in [1.165, 1.54) is 4.90 Å². The molecule has 0 saturated heterocycles. The van der Waals surface area contributed by atoms with Crippen molar-refractivity contribution in [3.63, 3.8) is 0 Å². The van der Waals surface area contributed by atoms with Crippen LogP contribution in [0, 0.1) is 11.8 Å². The minimum atomic E-state index is -1.07. The highest BCUT2D eigenvalue weighted by molar-refractivity contribution is 5.91. The summed E-state index contributed by atoms with van der Waals surface area (Å²) in [6.07, 6.45) is 2.65. The van der Waals surface area contributed by atoms with Gasteiger partial charge in [-0.05, 0) is 36.0 Å². The maximum atomic E-state index is 14.2. The number of carbonyl (C=O) groups excluding carboxylic acids is 2. The molecule has 8 heteroatoms. The van der Waals surface area contributed by atoms with Crippen LogP contribution >= 0.6 is 0 Å². The van der Waals surface area contributed by atoms with Crippen LogP contribution in [0.2, 0.25) is 0 Å². The zero-order valence-corrected chi connectivity index (χ0v) is 23.6. The van der Waals surface area contributed by atoms with Crippen LogP contribution in [-0.2, 0) is 19.2 Å². The molecule has 0 radical (unpaired) electrons. The van der Waals surface area contributed by atoms with Gasteiger partial charge in [0, 0.05) is 19.0 Å². The van der Waals surface area contributed by atoms with E-state index < -0.39 is 41.6 Å². The molecule has 0 aliphatic heterocycles. The second-order valence-corrected chi connectivity index (χ2v) is 10.8. The Morgan fingerprint density at radius 2 is 1.21 bits per heavy atom. The molecule has 0 heterocycles. The summed E-state index contributed by atoms with van der Waals surface area (Å²) < 4.78 is 0. The van der Waals surface area contributed by atoms with Gasteiger partial charge in [-0.1, -0.05) is 104 Å². The zero-order valence-electron chi connectivity index (χ0n) is 23.6. The van der Waals surface area contributed by atoms with Gasteiger partial charge in [-0.25, -0.2) is 0 Å². The molecule has 3 aromatic rings. The monoisotopic (exact) mass is 570 g/mol. The number of carboxylic acids is 2. The third-order valence-corrected chi connectivity index (χ3v) is 8.09. The predicted molar refractivity (Wildman–Crippen MR) is 159 cm³/mol. The minimum absolute atomic E-state index is 0.0230. The highest BCUT2D eigenvalue weighted by atomic mass is 16.4. The lowest BCUT2D eigenvalue weighted by molar-refractivity contribution is -0.149. The van der Waals surface area contributed by atoms with E-state index in [2.05, 4.69) is 5.32 Å². The number of aliphatic carboxylic acids is 2. The molecule has 220 valence electrons. The third kappa shape index (κ3) is 8.06. The molecule has 1 fully saturated rings. The van der Waals surface area contributed by atoms with E-state index in [1.54, 1.807) is 30.3 Å². The van der Waals surface area contributed by atoms with Gasteiger partial charge < -0.3 is 20.4 Å². The summed E-state index contributed by atoms with van der Waals surface area (Å²) in [4.78, 5) is 52.6. The normalized spacial score (nSPS) is 17.3. The molecule has 4 rings (SSSR count). The number of hydrogen-bond acceptors (Lipinski definition) is 4. The Morgan fingerprint density at radius 3 is 1.71 bits per heavy atom. The Balaban J connectivity index is 1.61. The van der Waals surface area contributed by atoms with Crippen LogP contribution in [0.4, 0.5) is 0 Å². The fourth-order valence-electron chi connectivity index (χ4n) is 5.85. The fourth-order valence-corrected chi connectivity index (χ4v) is 5.85. The lowest BCUT2D eigenvalue weighted by atomic mass is 9.78. The molecule has 42 heavy (non-hydrogen) atoms. The Kier molecular flexibility index (Phi) is 10.9. The summed E-state index contributed by atoms with van der Waals surface area (Å²) in [7, 11) is 0. The molecule has 3 aromatic carbocycles. The molecule has 3 atom stereocenters. The van der Waals surface area contributed by atoms with E-state index in [0.717, 1.165) is 24.0 Å². The summed E-state index contributed by atoms with van der Waals surface area (Å²) >= 11 is 0. The lowest BCUT2D eigenvalue weighted by Gasteiger charge is -2.32. The van der Waals surface area contributed by atoms with Crippen molar-refractivity contribution in [1.29, 1.82) is 0 Å². The van der Waals surface area contributed by atoms with Crippen LogP contribution in [0.1, 0.15) is 67.2 Å². The third-order valence-electron chi connectivity index (χ3n) is 8.09. The molecule has 8 nitrogen and oxygen atoms in total. The van der Waals surface area contributed by atoms with Gasteiger partial charge in [-0.15, -0.1) is 0 Å². The van der Waals surface area contributed by atoms with Gasteiger partial charge in [0.05, 0.1) is 18.3 Å². The number of nitrogens with one attached hydrogen (secondary N) is 1. The lowest BCUT2D eigenvalue weighted by Crippen LogP contribution is -2.47. The average molecular weight is 571 g/mol. The number of nitrogens with zero attached hydrogens (tertiary/aromatic N) is 1. The minimum Gasteiger partial charge on any atom is -0.481 e. The topological polar surface area (TPSA) is 124 Å². The van der Waals surface area contributed by atoms with Crippen LogP contribution in [0.15, 0.2) is 91.0 Å². The summed E-state index contributed by atoms with van der Waals surface area (Å²) in [5.74, 6) is -4.48. The van der Waals surface area contributed by atoms with Crippen LogP contribution < -0.4 is 5.32 Å². The standard InChI is InChI=1S/C34H38N2O6/c37-30(38)21-23-36(22-20-27(24-12-4-1-5-13-24)25-14-6-2-7-15-25)33(40)31(26-16-8-3-9-17-26)35-32(39)28-18-10-11-19-29(28)34(41)42/h1-9,12-17,27-29,31H,10-11,18-23H2,(H,35,39)(H,37,38)(H,41,42). The zero-order chi connectivity index (χ0) is 29.9. The molecular formula is C34H38N2O6. The Hall–Kier alpha value is -4.46. The van der Waals surface area contributed by atoms with Crippen molar-refractivity contribution in [3.8, 4) is 0 Å². The summed E-state index contributed by atoms with van der Waals surface area (Å²) in [6, 6.07) is 27.7. The smallest absolute Gasteiger partial charge is 0.307 e. The van der Waals surface area contributed by atoms with Crippen molar-refractivity contribution in [2.75, 3.05) is 13.1 Å². The van der Waals surface area contributed by atoms with Crippen LogP contribution in [0.3, 0.4) is 0 Å². The van der Waals surface area contributed by atoms with E-state index in [-0.39, 0.29) is 25.4 Å². The van der Waals surface area contributed by atoms with Gasteiger partial charge in [-0.3, -0.25) is 19.2 Å². The molecule has 1 aliphatic carbocycles. The maximum absolute atomic E-state index is 14.2. The van der Waals surface area contributed by atoms with Crippen molar-refractivity contribution in [3.05, 3.63) is 108 Å². The molecule has 3 unspecified atom stereocenters. The highest BCUT2D eigenvalue weighted by Crippen LogP contribution is 2.32. The number of hydrogen-bond donors (Lipinski definition) is 3. The van der Waals surface area contributed by atoms with Gasteiger partial charge in [0.1, 0.15) is 6.04 Å². The summed E-state index contributed by atoms with van der Waals surface area (Å²) in [5.41, 5.74) is 2.72. The van der Waals surface area contributed by atoms with Gasteiger partial charge in [0.2, 0.25) is 11.8 Å². The molecule has 0 bridgehead atoms. The van der Waals surface area contributed by atoms with Gasteiger partial charge in [-0.2, -0.15) is 0 Å². The van der Waals surface area contributed by atoms with Gasteiger partial charge in [0.15, 0.2) is 0 Å². The van der Waals surface area contributed by atoms with Gasteiger partial charge >= 0.3 is 11.9 Å². The average Bonchev–Trinajstić information content (AvgIpc) is 3.02. The highest BCUT2D eigenvalue weighted by Gasteiger charge is 2.38. The van der Waals surface area contributed by atoms with Crippen LogP contribution in [0.5, 0.6) is 0 Å². The Morgan fingerprint density at radius 1 is 0.714 bits per heavy atom. The van der Waals surface area contributed by atoms with Gasteiger partial charge in [0.25, 0.3) is 0 Å². The van der Waals surface area contributed by atoms with Crippen LogP contribution in [0.25, 0.3) is 0 Å². The largest absolute Gasteiger partial charge is 0.481 e. The molecule has 0 aromatic heterocycles. The van der Waals surface area contributed by atoms with E-state index in [4.69, 9.17) is 0 Å². The van der Waals surface area contributed by atoms with Crippen molar-refractivity contribution >= 4 is 23.8 Å². The number of rotatable bonds is 13. The van der Waals surface area contributed by atoms with E-state index in [1.807, 2.05) is 60.7 Å². The van der Waals surface area contributed by atoms with Crippen molar-refractivity contribution < 1.29 is 29.4 Å². The van der Waals surface area contributed by atoms with Crippen molar-refractivity contribution in [2.24, 2.45) is 11.8 Å². The van der Waals surface area contributed by atoms with Crippen LogP contribution in [-0.4, -0.2) is 52.0 Å². The number of carboxylic acid groups (broad SMARTS) is 2. The molecule has 3 N–H and O–H groups in total. The SMILES string of the molecule is O=C(O)CCN(CCC(c1ccccc1)c1ccccc1)C(=O)C(NC(=O)C1CCCCC1C(=O)O)c1ccccc1. The first-order valence-corrected chi connectivity index (χ1v) is 14.5. The first-order valence-electron chi connectivity index (χ1n) is 14.5. The molecular weight excluding hydrogens is 532 g/mol. The second-order valence-electron chi connectivity index (χ2n) is 10.8. The quantitative estimate of drug-likeness (QED) is 0.258. The number of carbonyl (C=O) groups is 4. The fraction of sp³-hybridized carbons (Fsp3) is 0.353. The first-order chi connectivity index (χ1) is 20.3. The predicted octanol–water partition coefficient (Wildman–Crippen LogP) is 5.26. The van der Waals surface area contributed by atoms with E-state index >= 15 is 0 Å². The first kappa shape index (κ1) is 30.5. The molecule has 0 spiro atoms. The number of benzene rings is 3. The molecule has 1 saturated carbocycles. The number of amides is 2. The van der Waals surface area contributed by atoms with E-state index in [9.17, 15) is 29.4 Å². The maximum Gasteiger partial charge on any atom is 0.307 e.